The van der Waals surface area contributed by atoms with Crippen LogP contribution in [-0.2, 0) is 17.5 Å². The number of carbonyl (C=O) groups is 1. The Bertz CT molecular complexity index is 1440. The highest BCUT2D eigenvalue weighted by Crippen LogP contribution is 2.42. The number of fused-ring (bicyclic) bond motifs is 2. The number of aromatic nitrogens is 5. The Kier molecular flexibility index (Phi) is 5.42. The molecule has 0 bridgehead atoms. The van der Waals surface area contributed by atoms with Gasteiger partial charge >= 0.3 is 12.3 Å². The first-order valence-electron chi connectivity index (χ1n) is 11.0. The van der Waals surface area contributed by atoms with E-state index in [1.165, 1.54) is 26.1 Å². The van der Waals surface area contributed by atoms with E-state index in [0.29, 0.717) is 23.1 Å². The van der Waals surface area contributed by atoms with Gasteiger partial charge < -0.3 is 9.14 Å². The Balaban J connectivity index is 1.58. The number of amides is 1. The van der Waals surface area contributed by atoms with Crippen molar-refractivity contribution in [2.75, 3.05) is 4.90 Å². The van der Waals surface area contributed by atoms with Gasteiger partial charge in [-0.3, -0.25) is 4.90 Å². The molecule has 0 radical (unpaired) electrons. The van der Waals surface area contributed by atoms with Crippen LogP contribution in [0, 0.1) is 0 Å². The average Bonchev–Trinajstić information content (AvgIpc) is 3.36. The number of rotatable bonds is 4. The lowest BCUT2D eigenvalue weighted by molar-refractivity contribution is -0.137. The van der Waals surface area contributed by atoms with E-state index in [2.05, 4.69) is 15.1 Å². The third-order valence-corrected chi connectivity index (χ3v) is 5.71. The van der Waals surface area contributed by atoms with Crippen molar-refractivity contribution in [2.24, 2.45) is 0 Å². The predicted molar refractivity (Wildman–Crippen MR) is 123 cm³/mol. The normalized spacial score (nSPS) is 14.6. The standard InChI is InChI=1S/C23H22ClF3N6O2/c1-22(2,3)35-21(34)32(12-15-11-31-7-6-14(23(25,26)27)8-18(31)29-15)19-9-17(24)30-20-16(13-4-5-13)10-28-33(19)20/h6-11,13H,4-5,12H2,1-3H3. The molecule has 0 spiro atoms. The third kappa shape index (κ3) is 4.77. The van der Waals surface area contributed by atoms with E-state index < -0.39 is 23.4 Å². The molecule has 8 nitrogen and oxygen atoms in total. The van der Waals surface area contributed by atoms with Gasteiger partial charge in [0.15, 0.2) is 5.65 Å². The van der Waals surface area contributed by atoms with Crippen LogP contribution in [0.4, 0.5) is 23.8 Å². The molecule has 0 unspecified atom stereocenters. The van der Waals surface area contributed by atoms with E-state index in [1.54, 1.807) is 33.2 Å². The summed E-state index contributed by atoms with van der Waals surface area (Å²) in [4.78, 5) is 23.3. The Hall–Kier alpha value is -3.34. The maximum Gasteiger partial charge on any atom is 0.416 e. The monoisotopic (exact) mass is 506 g/mol. The van der Waals surface area contributed by atoms with Crippen molar-refractivity contribution in [1.82, 2.24) is 24.0 Å². The summed E-state index contributed by atoms with van der Waals surface area (Å²) in [6.07, 6.45) is 1.45. The zero-order chi connectivity index (χ0) is 25.1. The van der Waals surface area contributed by atoms with E-state index in [-0.39, 0.29) is 17.3 Å². The number of ether oxygens (including phenoxy) is 1. The number of nitrogens with zero attached hydrogens (tertiary/aromatic N) is 6. The highest BCUT2D eigenvalue weighted by molar-refractivity contribution is 6.29. The number of halogens is 4. The van der Waals surface area contributed by atoms with Gasteiger partial charge in [-0.05, 0) is 51.7 Å². The first-order chi connectivity index (χ1) is 16.4. The van der Waals surface area contributed by atoms with Crippen molar-refractivity contribution in [2.45, 2.75) is 57.9 Å². The van der Waals surface area contributed by atoms with E-state index in [4.69, 9.17) is 16.3 Å². The molecular weight excluding hydrogens is 485 g/mol. The Morgan fingerprint density at radius 2 is 1.97 bits per heavy atom. The molecular formula is C23H22ClF3N6O2. The Morgan fingerprint density at radius 1 is 1.23 bits per heavy atom. The summed E-state index contributed by atoms with van der Waals surface area (Å²) in [5.74, 6) is 0.664. The molecule has 4 aromatic heterocycles. The molecule has 1 aliphatic carbocycles. The van der Waals surface area contributed by atoms with Crippen molar-refractivity contribution in [3.05, 3.63) is 58.8 Å². The lowest BCUT2D eigenvalue weighted by Gasteiger charge is -2.27. The van der Waals surface area contributed by atoms with Gasteiger partial charge in [0, 0.05) is 24.0 Å². The molecule has 12 heteroatoms. The summed E-state index contributed by atoms with van der Waals surface area (Å²) in [7, 11) is 0. The molecule has 4 aromatic rings. The Labute approximate surface area is 203 Å². The number of hydrogen-bond donors (Lipinski definition) is 0. The summed E-state index contributed by atoms with van der Waals surface area (Å²) >= 11 is 6.33. The minimum Gasteiger partial charge on any atom is -0.443 e. The van der Waals surface area contributed by atoms with Gasteiger partial charge in [0.25, 0.3) is 0 Å². The molecule has 1 aliphatic rings. The molecule has 0 atom stereocenters. The summed E-state index contributed by atoms with van der Waals surface area (Å²) in [5.41, 5.74) is 0.351. The topological polar surface area (TPSA) is 77.0 Å². The van der Waals surface area contributed by atoms with Crippen molar-refractivity contribution < 1.29 is 22.7 Å². The van der Waals surface area contributed by atoms with Crippen LogP contribution in [0.5, 0.6) is 0 Å². The first-order valence-corrected chi connectivity index (χ1v) is 11.4. The number of anilines is 1. The zero-order valence-electron chi connectivity index (χ0n) is 19.2. The summed E-state index contributed by atoms with van der Waals surface area (Å²) in [6, 6.07) is 3.43. The SMILES string of the molecule is CC(C)(C)OC(=O)N(Cc1cn2ccc(C(F)(F)F)cc2n1)c1cc(Cl)nc2c(C3CC3)cnn12. The minimum absolute atomic E-state index is 0.0913. The van der Waals surface area contributed by atoms with E-state index in [9.17, 15) is 18.0 Å². The molecule has 1 fully saturated rings. The van der Waals surface area contributed by atoms with Crippen molar-refractivity contribution in [3.63, 3.8) is 0 Å². The Morgan fingerprint density at radius 3 is 2.63 bits per heavy atom. The van der Waals surface area contributed by atoms with Crippen LogP contribution in [-0.4, -0.2) is 35.7 Å². The summed E-state index contributed by atoms with van der Waals surface area (Å²) in [6.45, 7) is 5.12. The number of carbonyl (C=O) groups excluding carboxylic acids is 1. The van der Waals surface area contributed by atoms with E-state index in [0.717, 1.165) is 30.5 Å². The van der Waals surface area contributed by atoms with Gasteiger partial charge in [-0.25, -0.2) is 14.8 Å². The molecule has 5 rings (SSSR count). The smallest absolute Gasteiger partial charge is 0.416 e. The number of hydrogen-bond acceptors (Lipinski definition) is 5. The molecule has 0 aromatic carbocycles. The maximum absolute atomic E-state index is 13.3. The molecule has 184 valence electrons. The number of alkyl halides is 3. The molecule has 1 saturated carbocycles. The minimum atomic E-state index is -4.49. The molecule has 0 N–H and O–H groups in total. The number of pyridine rings is 1. The van der Waals surface area contributed by atoms with Crippen LogP contribution in [0.2, 0.25) is 5.15 Å². The molecule has 4 heterocycles. The number of imidazole rings is 1. The second-order valence-corrected chi connectivity index (χ2v) is 9.91. The molecule has 1 amide bonds. The van der Waals surface area contributed by atoms with E-state index in [1.807, 2.05) is 0 Å². The molecule has 0 saturated heterocycles. The fourth-order valence-corrected chi connectivity index (χ4v) is 3.99. The van der Waals surface area contributed by atoms with Crippen LogP contribution in [0.3, 0.4) is 0 Å². The lowest BCUT2D eigenvalue weighted by Crippen LogP contribution is -2.37. The second-order valence-electron chi connectivity index (χ2n) is 9.52. The van der Waals surface area contributed by atoms with Gasteiger partial charge in [-0.2, -0.15) is 22.8 Å². The summed E-state index contributed by atoms with van der Waals surface area (Å²) in [5, 5.41) is 4.61. The van der Waals surface area contributed by atoms with Gasteiger partial charge in [0.2, 0.25) is 0 Å². The largest absolute Gasteiger partial charge is 0.443 e. The van der Waals surface area contributed by atoms with Gasteiger partial charge in [-0.15, -0.1) is 0 Å². The fourth-order valence-electron chi connectivity index (χ4n) is 3.81. The summed E-state index contributed by atoms with van der Waals surface area (Å²) < 4.78 is 48.0. The van der Waals surface area contributed by atoms with Gasteiger partial charge in [0.05, 0.1) is 24.0 Å². The highest BCUT2D eigenvalue weighted by atomic mass is 35.5. The van der Waals surface area contributed by atoms with Gasteiger partial charge in [0.1, 0.15) is 22.2 Å². The van der Waals surface area contributed by atoms with Crippen LogP contribution >= 0.6 is 11.6 Å². The highest BCUT2D eigenvalue weighted by Gasteiger charge is 2.32. The van der Waals surface area contributed by atoms with Crippen LogP contribution < -0.4 is 4.90 Å². The lowest BCUT2D eigenvalue weighted by atomic mass is 10.2. The van der Waals surface area contributed by atoms with Crippen molar-refractivity contribution in [3.8, 4) is 0 Å². The van der Waals surface area contributed by atoms with Crippen LogP contribution in [0.15, 0.2) is 36.8 Å². The fraction of sp³-hybridized carbons (Fsp3) is 0.391. The van der Waals surface area contributed by atoms with Crippen LogP contribution in [0.25, 0.3) is 11.3 Å². The quantitative estimate of drug-likeness (QED) is 0.324. The maximum atomic E-state index is 13.3. The molecule has 35 heavy (non-hydrogen) atoms. The van der Waals surface area contributed by atoms with Crippen molar-refractivity contribution in [1.29, 1.82) is 0 Å². The first kappa shape index (κ1) is 23.4. The zero-order valence-corrected chi connectivity index (χ0v) is 19.9. The average molecular weight is 507 g/mol. The molecule has 0 aliphatic heterocycles. The second kappa shape index (κ2) is 8.11. The third-order valence-electron chi connectivity index (χ3n) is 5.51. The predicted octanol–water partition coefficient (Wildman–Crippen LogP) is 5.87. The van der Waals surface area contributed by atoms with Gasteiger partial charge in [-0.1, -0.05) is 11.6 Å². The van der Waals surface area contributed by atoms with Crippen LogP contribution in [0.1, 0.15) is 56.4 Å². The van der Waals surface area contributed by atoms with E-state index >= 15 is 0 Å². The van der Waals surface area contributed by atoms with Crippen molar-refractivity contribution >= 4 is 34.8 Å².